The standard InChI is InChI=1S/C10H22O2/c1-3-10(4-2)9-12-8-6-5-7-11/h10-11H,3-9H2,1-2H3. The van der Waals surface area contributed by atoms with Crippen LogP contribution in [-0.4, -0.2) is 24.9 Å². The Morgan fingerprint density at radius 2 is 1.83 bits per heavy atom. The lowest BCUT2D eigenvalue weighted by molar-refractivity contribution is 0.0904. The maximum Gasteiger partial charge on any atom is 0.0494 e. The molecule has 12 heavy (non-hydrogen) atoms. The van der Waals surface area contributed by atoms with Crippen LogP contribution >= 0.6 is 0 Å². The van der Waals surface area contributed by atoms with Gasteiger partial charge < -0.3 is 9.84 Å². The minimum absolute atomic E-state index is 0.286. The molecule has 0 bridgehead atoms. The summed E-state index contributed by atoms with van der Waals surface area (Å²) >= 11 is 0. The van der Waals surface area contributed by atoms with Gasteiger partial charge in [0.05, 0.1) is 0 Å². The van der Waals surface area contributed by atoms with E-state index in [4.69, 9.17) is 9.84 Å². The van der Waals surface area contributed by atoms with Crippen molar-refractivity contribution < 1.29 is 9.84 Å². The topological polar surface area (TPSA) is 29.5 Å². The largest absolute Gasteiger partial charge is 0.396 e. The number of hydrogen-bond donors (Lipinski definition) is 1. The molecule has 0 aromatic rings. The lowest BCUT2D eigenvalue weighted by atomic mass is 10.1. The fourth-order valence-electron chi connectivity index (χ4n) is 1.09. The van der Waals surface area contributed by atoms with Crippen molar-refractivity contribution in [2.75, 3.05) is 19.8 Å². The van der Waals surface area contributed by atoms with Crippen LogP contribution in [0.15, 0.2) is 0 Å². The highest BCUT2D eigenvalue weighted by molar-refractivity contribution is 4.51. The first kappa shape index (κ1) is 11.9. The van der Waals surface area contributed by atoms with Gasteiger partial charge in [0.2, 0.25) is 0 Å². The predicted octanol–water partition coefficient (Wildman–Crippen LogP) is 2.21. The lowest BCUT2D eigenvalue weighted by Gasteiger charge is -2.11. The molecular weight excluding hydrogens is 152 g/mol. The summed E-state index contributed by atoms with van der Waals surface area (Å²) in [5.41, 5.74) is 0. The van der Waals surface area contributed by atoms with Gasteiger partial charge in [-0.1, -0.05) is 26.7 Å². The lowest BCUT2D eigenvalue weighted by Crippen LogP contribution is -2.08. The molecule has 0 atom stereocenters. The normalized spacial score (nSPS) is 11.0. The number of ether oxygens (including phenoxy) is 1. The third kappa shape index (κ3) is 6.62. The molecule has 1 N–H and O–H groups in total. The third-order valence-corrected chi connectivity index (χ3v) is 2.21. The molecule has 0 aliphatic heterocycles. The maximum absolute atomic E-state index is 8.51. The molecule has 0 fully saturated rings. The first-order valence-corrected chi connectivity index (χ1v) is 5.03. The van der Waals surface area contributed by atoms with Crippen molar-refractivity contribution in [1.29, 1.82) is 0 Å². The van der Waals surface area contributed by atoms with Crippen molar-refractivity contribution >= 4 is 0 Å². The molecule has 0 aliphatic rings. The second-order valence-electron chi connectivity index (χ2n) is 3.19. The molecule has 0 aliphatic carbocycles. The van der Waals surface area contributed by atoms with Crippen LogP contribution < -0.4 is 0 Å². The van der Waals surface area contributed by atoms with E-state index in [0.717, 1.165) is 32.0 Å². The highest BCUT2D eigenvalue weighted by Crippen LogP contribution is 2.07. The molecule has 2 heteroatoms. The van der Waals surface area contributed by atoms with Gasteiger partial charge in [0.25, 0.3) is 0 Å². The highest BCUT2D eigenvalue weighted by Gasteiger charge is 2.01. The Balaban J connectivity index is 3.06. The van der Waals surface area contributed by atoms with E-state index in [1.807, 2.05) is 0 Å². The van der Waals surface area contributed by atoms with Crippen LogP contribution in [0.25, 0.3) is 0 Å². The first-order valence-electron chi connectivity index (χ1n) is 5.03. The van der Waals surface area contributed by atoms with Crippen molar-refractivity contribution in [3.63, 3.8) is 0 Å². The number of hydrogen-bond acceptors (Lipinski definition) is 2. The molecule has 74 valence electrons. The van der Waals surface area contributed by atoms with Crippen molar-refractivity contribution in [1.82, 2.24) is 0 Å². The van der Waals surface area contributed by atoms with E-state index in [0.29, 0.717) is 0 Å². The molecule has 0 aromatic heterocycles. The van der Waals surface area contributed by atoms with Crippen LogP contribution in [-0.2, 0) is 4.74 Å². The second kappa shape index (κ2) is 9.01. The summed E-state index contributed by atoms with van der Waals surface area (Å²) in [7, 11) is 0. The van der Waals surface area contributed by atoms with Crippen LogP contribution in [0.1, 0.15) is 39.5 Å². The fraction of sp³-hybridized carbons (Fsp3) is 1.00. The van der Waals surface area contributed by atoms with Crippen LogP contribution in [0.5, 0.6) is 0 Å². The Bertz CT molecular complexity index is 79.9. The molecule has 0 amide bonds. The van der Waals surface area contributed by atoms with Gasteiger partial charge in [-0.2, -0.15) is 0 Å². The number of rotatable bonds is 8. The second-order valence-corrected chi connectivity index (χ2v) is 3.19. The molecule has 0 heterocycles. The van der Waals surface area contributed by atoms with E-state index in [1.54, 1.807) is 0 Å². The van der Waals surface area contributed by atoms with Crippen molar-refractivity contribution in [3.05, 3.63) is 0 Å². The van der Waals surface area contributed by atoms with Gasteiger partial charge in [0, 0.05) is 19.8 Å². The maximum atomic E-state index is 8.51. The average Bonchev–Trinajstić information content (AvgIpc) is 2.11. The fourth-order valence-corrected chi connectivity index (χ4v) is 1.09. The third-order valence-electron chi connectivity index (χ3n) is 2.21. The Morgan fingerprint density at radius 3 is 2.33 bits per heavy atom. The molecule has 0 unspecified atom stereocenters. The predicted molar refractivity (Wildman–Crippen MR) is 51.2 cm³/mol. The van der Waals surface area contributed by atoms with E-state index >= 15 is 0 Å². The van der Waals surface area contributed by atoms with Gasteiger partial charge in [-0.3, -0.25) is 0 Å². The van der Waals surface area contributed by atoms with Crippen LogP contribution in [0.4, 0.5) is 0 Å². The van der Waals surface area contributed by atoms with E-state index in [1.165, 1.54) is 12.8 Å². The van der Waals surface area contributed by atoms with E-state index in [2.05, 4.69) is 13.8 Å². The van der Waals surface area contributed by atoms with Crippen molar-refractivity contribution in [2.45, 2.75) is 39.5 Å². The zero-order valence-corrected chi connectivity index (χ0v) is 8.38. The highest BCUT2D eigenvalue weighted by atomic mass is 16.5. The summed E-state index contributed by atoms with van der Waals surface area (Å²) < 4.78 is 5.47. The van der Waals surface area contributed by atoms with Crippen LogP contribution in [0.2, 0.25) is 0 Å². The number of unbranched alkanes of at least 4 members (excludes halogenated alkanes) is 1. The summed E-state index contributed by atoms with van der Waals surface area (Å²) in [6.07, 6.45) is 4.26. The molecule has 0 rings (SSSR count). The summed E-state index contributed by atoms with van der Waals surface area (Å²) in [5, 5.41) is 8.51. The van der Waals surface area contributed by atoms with Gasteiger partial charge in [-0.25, -0.2) is 0 Å². The quantitative estimate of drug-likeness (QED) is 0.572. The number of aliphatic hydroxyl groups excluding tert-OH is 1. The van der Waals surface area contributed by atoms with Gasteiger partial charge in [-0.05, 0) is 18.8 Å². The summed E-state index contributed by atoms with van der Waals surface area (Å²) in [5.74, 6) is 0.721. The molecule has 0 radical (unpaired) electrons. The molecule has 2 nitrogen and oxygen atoms in total. The van der Waals surface area contributed by atoms with Crippen LogP contribution in [0.3, 0.4) is 0 Å². The Hall–Kier alpha value is -0.0800. The minimum atomic E-state index is 0.286. The first-order chi connectivity index (χ1) is 5.85. The Labute approximate surface area is 75.9 Å². The van der Waals surface area contributed by atoms with E-state index < -0.39 is 0 Å². The summed E-state index contributed by atoms with van der Waals surface area (Å²) in [4.78, 5) is 0. The van der Waals surface area contributed by atoms with Gasteiger partial charge in [0.1, 0.15) is 0 Å². The smallest absolute Gasteiger partial charge is 0.0494 e. The molecule has 0 spiro atoms. The summed E-state index contributed by atoms with van der Waals surface area (Å²) in [6, 6.07) is 0. The molecule has 0 aromatic carbocycles. The van der Waals surface area contributed by atoms with Crippen molar-refractivity contribution in [3.8, 4) is 0 Å². The van der Waals surface area contributed by atoms with Gasteiger partial charge >= 0.3 is 0 Å². The minimum Gasteiger partial charge on any atom is -0.396 e. The number of aliphatic hydroxyl groups is 1. The molecule has 0 saturated carbocycles. The Morgan fingerprint density at radius 1 is 1.17 bits per heavy atom. The Kier molecular flexibility index (Phi) is 8.95. The van der Waals surface area contributed by atoms with Crippen molar-refractivity contribution in [2.24, 2.45) is 5.92 Å². The average molecular weight is 174 g/mol. The monoisotopic (exact) mass is 174 g/mol. The zero-order chi connectivity index (χ0) is 9.23. The summed E-state index contributed by atoms with van der Waals surface area (Å²) in [6.45, 7) is 6.38. The molecule has 0 saturated heterocycles. The SMILES string of the molecule is CCC(CC)COCCCCO. The van der Waals surface area contributed by atoms with Crippen LogP contribution in [0, 0.1) is 5.92 Å². The van der Waals surface area contributed by atoms with Gasteiger partial charge in [-0.15, -0.1) is 0 Å². The van der Waals surface area contributed by atoms with Gasteiger partial charge in [0.15, 0.2) is 0 Å². The van der Waals surface area contributed by atoms with E-state index in [-0.39, 0.29) is 6.61 Å². The zero-order valence-electron chi connectivity index (χ0n) is 8.38. The van der Waals surface area contributed by atoms with E-state index in [9.17, 15) is 0 Å². The molecular formula is C10H22O2.